The fourth-order valence-corrected chi connectivity index (χ4v) is 3.25. The smallest absolute Gasteiger partial charge is 0.130 e. The van der Waals surface area contributed by atoms with Crippen LogP contribution in [0.1, 0.15) is 68.7 Å². The maximum Gasteiger partial charge on any atom is 0.130 e. The average molecular weight is 428 g/mol. The van der Waals surface area contributed by atoms with Gasteiger partial charge in [0.1, 0.15) is 18.2 Å². The molecule has 0 aliphatic heterocycles. The van der Waals surface area contributed by atoms with E-state index in [1.165, 1.54) is 17.2 Å². The number of hydrogen-bond acceptors (Lipinski definition) is 2. The first-order valence-corrected chi connectivity index (χ1v) is 10.8. The number of ether oxygens (including phenoxy) is 1. The average Bonchev–Trinajstić information content (AvgIpc) is 2.73. The second-order valence-electron chi connectivity index (χ2n) is 7.84. The van der Waals surface area contributed by atoms with E-state index in [0.717, 1.165) is 10.6 Å². The van der Waals surface area contributed by atoms with Gasteiger partial charge in [0.05, 0.1) is 0 Å². The minimum atomic E-state index is -0.209. The van der Waals surface area contributed by atoms with E-state index in [-0.39, 0.29) is 5.82 Å². The molecule has 1 aromatic heterocycles. The van der Waals surface area contributed by atoms with E-state index < -0.39 is 0 Å². The minimum absolute atomic E-state index is 0.209. The van der Waals surface area contributed by atoms with Crippen LogP contribution in [-0.2, 0) is 13.0 Å². The fraction of sp³-hybridized carbons (Fsp3) is 0.346. The van der Waals surface area contributed by atoms with Crippen LogP contribution in [-0.4, -0.2) is 4.98 Å². The van der Waals surface area contributed by atoms with Crippen LogP contribution in [0.5, 0.6) is 5.75 Å². The first-order chi connectivity index (χ1) is 14.3. The summed E-state index contributed by atoms with van der Waals surface area (Å²) in [4.78, 5) is 3.92. The number of nitrogens with zero attached hydrogens (tertiary/aromatic N) is 1. The van der Waals surface area contributed by atoms with E-state index >= 15 is 0 Å². The van der Waals surface area contributed by atoms with E-state index in [0.29, 0.717) is 36.2 Å². The van der Waals surface area contributed by atoms with Crippen molar-refractivity contribution in [3.8, 4) is 5.75 Å². The van der Waals surface area contributed by atoms with Gasteiger partial charge in [-0.1, -0.05) is 64.4 Å². The largest absolute Gasteiger partial charge is 0.489 e. The van der Waals surface area contributed by atoms with Gasteiger partial charge >= 0.3 is 0 Å². The number of rotatable bonds is 6. The van der Waals surface area contributed by atoms with Crippen LogP contribution in [0.3, 0.4) is 0 Å². The fourth-order valence-electron chi connectivity index (χ4n) is 2.91. The Labute approximate surface area is 185 Å². The summed E-state index contributed by atoms with van der Waals surface area (Å²) < 4.78 is 19.0. The Kier molecular flexibility index (Phi) is 9.32. The molecular weight excluding hydrogens is 397 g/mol. The minimum Gasteiger partial charge on any atom is -0.489 e. The lowest BCUT2D eigenvalue weighted by Gasteiger charge is -2.12. The molecule has 0 amide bonds. The molecule has 1 heterocycles. The summed E-state index contributed by atoms with van der Waals surface area (Å²) in [5.41, 5.74) is 4.35. The van der Waals surface area contributed by atoms with Gasteiger partial charge in [0.25, 0.3) is 0 Å². The van der Waals surface area contributed by atoms with Crippen LogP contribution in [0.2, 0.25) is 5.02 Å². The van der Waals surface area contributed by atoms with Gasteiger partial charge in [-0.05, 0) is 64.8 Å². The summed E-state index contributed by atoms with van der Waals surface area (Å²) in [6.45, 7) is 11.1. The molecule has 0 N–H and O–H groups in total. The van der Waals surface area contributed by atoms with Crippen molar-refractivity contribution in [2.45, 2.75) is 59.5 Å². The second kappa shape index (κ2) is 11.7. The van der Waals surface area contributed by atoms with Crippen LogP contribution >= 0.6 is 11.6 Å². The van der Waals surface area contributed by atoms with E-state index in [1.807, 2.05) is 25.1 Å². The first kappa shape index (κ1) is 23.9. The molecule has 4 heteroatoms. The van der Waals surface area contributed by atoms with Gasteiger partial charge in [0.2, 0.25) is 0 Å². The molecule has 0 unspecified atom stereocenters. The van der Waals surface area contributed by atoms with Crippen molar-refractivity contribution >= 4 is 11.6 Å². The van der Waals surface area contributed by atoms with E-state index in [2.05, 4.69) is 44.8 Å². The predicted octanol–water partition coefficient (Wildman–Crippen LogP) is 7.95. The molecule has 30 heavy (non-hydrogen) atoms. The Bertz CT molecular complexity index is 926. The van der Waals surface area contributed by atoms with Crippen LogP contribution in [0.15, 0.2) is 60.9 Å². The lowest BCUT2D eigenvalue weighted by molar-refractivity contribution is 0.304. The molecule has 3 rings (SSSR count). The summed E-state index contributed by atoms with van der Waals surface area (Å²) in [6.07, 6.45) is 4.11. The van der Waals surface area contributed by atoms with Gasteiger partial charge in [-0.3, -0.25) is 4.98 Å². The molecule has 2 aromatic carbocycles. The number of aromatic nitrogens is 1. The van der Waals surface area contributed by atoms with Crippen LogP contribution < -0.4 is 4.74 Å². The Morgan fingerprint density at radius 1 is 0.933 bits per heavy atom. The molecule has 160 valence electrons. The lowest BCUT2D eigenvalue weighted by atomic mass is 9.96. The Morgan fingerprint density at radius 2 is 1.63 bits per heavy atom. The molecule has 3 aromatic rings. The monoisotopic (exact) mass is 427 g/mol. The molecule has 2 nitrogen and oxygen atoms in total. The van der Waals surface area contributed by atoms with Gasteiger partial charge in [-0.2, -0.15) is 0 Å². The van der Waals surface area contributed by atoms with Crippen molar-refractivity contribution in [1.29, 1.82) is 0 Å². The number of hydrogen-bond donors (Lipinski definition) is 0. The topological polar surface area (TPSA) is 22.1 Å². The summed E-state index contributed by atoms with van der Waals surface area (Å²) >= 11 is 6.10. The van der Waals surface area contributed by atoms with Crippen molar-refractivity contribution in [3.05, 3.63) is 94.0 Å². The van der Waals surface area contributed by atoms with Gasteiger partial charge in [0, 0.05) is 23.5 Å². The third-order valence-corrected chi connectivity index (χ3v) is 5.21. The van der Waals surface area contributed by atoms with E-state index in [1.54, 1.807) is 24.5 Å². The normalized spacial score (nSPS) is 10.7. The van der Waals surface area contributed by atoms with Gasteiger partial charge in [-0.25, -0.2) is 4.39 Å². The zero-order chi connectivity index (χ0) is 22.1. The Balaban J connectivity index is 0.000000222. The van der Waals surface area contributed by atoms with Crippen LogP contribution in [0.25, 0.3) is 0 Å². The molecule has 0 radical (unpaired) electrons. The highest BCUT2D eigenvalue weighted by Crippen LogP contribution is 2.27. The van der Waals surface area contributed by atoms with Gasteiger partial charge < -0.3 is 4.74 Å². The number of aryl methyl sites for hydroxylation is 1. The van der Waals surface area contributed by atoms with Crippen LogP contribution in [0, 0.1) is 5.82 Å². The summed E-state index contributed by atoms with van der Waals surface area (Å²) in [5, 5.41) is 0.888. The SMILES string of the molecule is CC(C)c1ccc(Cl)c(C(C)C)c1.CCc1ccc(OCc2ccncc2)cc1F. The van der Waals surface area contributed by atoms with Crippen molar-refractivity contribution in [2.24, 2.45) is 0 Å². The highest BCUT2D eigenvalue weighted by atomic mass is 35.5. The molecule has 0 aliphatic rings. The molecule has 0 saturated carbocycles. The molecule has 0 atom stereocenters. The Morgan fingerprint density at radius 3 is 2.20 bits per heavy atom. The predicted molar refractivity (Wildman–Crippen MR) is 124 cm³/mol. The number of pyridine rings is 1. The van der Waals surface area contributed by atoms with Crippen molar-refractivity contribution in [2.75, 3.05) is 0 Å². The molecular formula is C26H31ClFNO. The Hall–Kier alpha value is -2.39. The standard InChI is InChI=1S/C14H14FNO.C12H17Cl/c1-2-12-3-4-13(9-14(12)15)17-10-11-5-7-16-8-6-11;1-8(2)10-5-6-12(13)11(7-10)9(3)4/h3-9H,2,10H2,1H3;5-9H,1-4H3. The van der Waals surface area contributed by atoms with Crippen molar-refractivity contribution in [3.63, 3.8) is 0 Å². The maximum atomic E-state index is 13.5. The van der Waals surface area contributed by atoms with Gasteiger partial charge in [0.15, 0.2) is 0 Å². The second-order valence-corrected chi connectivity index (χ2v) is 8.25. The zero-order valence-corrected chi connectivity index (χ0v) is 19.2. The number of benzene rings is 2. The summed E-state index contributed by atoms with van der Waals surface area (Å²) in [5.74, 6) is 1.43. The van der Waals surface area contributed by atoms with Gasteiger partial charge in [-0.15, -0.1) is 0 Å². The lowest BCUT2D eigenvalue weighted by Crippen LogP contribution is -1.97. The molecule has 0 aliphatic carbocycles. The molecule has 0 bridgehead atoms. The maximum absolute atomic E-state index is 13.5. The third-order valence-electron chi connectivity index (χ3n) is 4.87. The number of halogens is 2. The summed E-state index contributed by atoms with van der Waals surface area (Å²) in [6, 6.07) is 15.1. The quantitative estimate of drug-likeness (QED) is 0.398. The summed E-state index contributed by atoms with van der Waals surface area (Å²) in [7, 11) is 0. The third kappa shape index (κ3) is 7.14. The highest BCUT2D eigenvalue weighted by Gasteiger charge is 2.07. The van der Waals surface area contributed by atoms with E-state index in [4.69, 9.17) is 16.3 Å². The van der Waals surface area contributed by atoms with Crippen LogP contribution in [0.4, 0.5) is 4.39 Å². The van der Waals surface area contributed by atoms with Crippen molar-refractivity contribution in [1.82, 2.24) is 4.98 Å². The molecule has 0 saturated heterocycles. The highest BCUT2D eigenvalue weighted by molar-refractivity contribution is 6.31. The molecule has 0 spiro atoms. The van der Waals surface area contributed by atoms with Crippen molar-refractivity contribution < 1.29 is 9.13 Å². The zero-order valence-electron chi connectivity index (χ0n) is 18.5. The molecule has 0 fully saturated rings. The van der Waals surface area contributed by atoms with E-state index in [9.17, 15) is 4.39 Å². The first-order valence-electron chi connectivity index (χ1n) is 10.4.